The number of ether oxygens (including phenoxy) is 1. The number of sulfone groups is 1. The Morgan fingerprint density at radius 2 is 2.18 bits per heavy atom. The van der Waals surface area contributed by atoms with E-state index in [4.69, 9.17) is 4.74 Å². The zero-order chi connectivity index (χ0) is 16.2. The third-order valence-corrected chi connectivity index (χ3v) is 5.76. The number of carbonyl (C=O) groups excluding carboxylic acids is 1. The molecule has 1 aromatic rings. The lowest BCUT2D eigenvalue weighted by molar-refractivity contribution is -0.120. The molecule has 5 nitrogen and oxygen atoms in total. The van der Waals surface area contributed by atoms with Crippen LogP contribution >= 0.6 is 0 Å². The van der Waals surface area contributed by atoms with Crippen molar-refractivity contribution in [2.24, 2.45) is 0 Å². The summed E-state index contributed by atoms with van der Waals surface area (Å²) in [5.74, 6) is -1.65. The lowest BCUT2D eigenvalue weighted by atomic mass is 10.2. The van der Waals surface area contributed by atoms with E-state index < -0.39 is 32.6 Å². The maximum absolute atomic E-state index is 13.6. The molecule has 2 atom stereocenters. The zero-order valence-electron chi connectivity index (χ0n) is 12.4. The molecular weight excluding hydrogens is 309 g/mol. The van der Waals surface area contributed by atoms with Crippen LogP contribution < -0.4 is 5.32 Å². The topological polar surface area (TPSA) is 72.5 Å². The highest BCUT2D eigenvalue weighted by atomic mass is 32.2. The fourth-order valence-corrected chi connectivity index (χ4v) is 3.61. The van der Waals surface area contributed by atoms with Gasteiger partial charge in [0.1, 0.15) is 11.1 Å². The molecule has 1 aliphatic heterocycles. The summed E-state index contributed by atoms with van der Waals surface area (Å²) in [6, 6.07) is 5.66. The molecule has 0 spiro atoms. The summed E-state index contributed by atoms with van der Waals surface area (Å²) in [5.41, 5.74) is 0.0706. The molecule has 2 rings (SSSR count). The summed E-state index contributed by atoms with van der Waals surface area (Å²) < 4.78 is 43.4. The van der Waals surface area contributed by atoms with Crippen molar-refractivity contribution in [3.05, 3.63) is 35.6 Å². The Kier molecular flexibility index (Phi) is 5.52. The van der Waals surface area contributed by atoms with Crippen molar-refractivity contribution in [3.63, 3.8) is 0 Å². The highest BCUT2D eigenvalue weighted by Crippen LogP contribution is 2.15. The van der Waals surface area contributed by atoms with Gasteiger partial charge in [0.2, 0.25) is 5.91 Å². The quantitative estimate of drug-likeness (QED) is 0.857. The van der Waals surface area contributed by atoms with Gasteiger partial charge in [-0.1, -0.05) is 18.2 Å². The van der Waals surface area contributed by atoms with Crippen LogP contribution in [0.5, 0.6) is 0 Å². The van der Waals surface area contributed by atoms with E-state index in [-0.39, 0.29) is 11.7 Å². The van der Waals surface area contributed by atoms with Crippen molar-refractivity contribution >= 4 is 15.7 Å². The van der Waals surface area contributed by atoms with Gasteiger partial charge in [-0.25, -0.2) is 12.8 Å². The van der Waals surface area contributed by atoms with Crippen LogP contribution in [0.25, 0.3) is 0 Å². The van der Waals surface area contributed by atoms with E-state index in [1.165, 1.54) is 25.1 Å². The van der Waals surface area contributed by atoms with E-state index in [1.807, 2.05) is 0 Å². The molecule has 1 N–H and O–H groups in total. The van der Waals surface area contributed by atoms with Gasteiger partial charge in [0.25, 0.3) is 0 Å². The van der Waals surface area contributed by atoms with Gasteiger partial charge in [0.15, 0.2) is 9.84 Å². The Bertz CT molecular complexity index is 626. The van der Waals surface area contributed by atoms with E-state index >= 15 is 0 Å². The summed E-state index contributed by atoms with van der Waals surface area (Å²) in [5, 5.41) is 1.37. The Labute approximate surface area is 129 Å². The molecule has 22 heavy (non-hydrogen) atoms. The molecule has 2 unspecified atom stereocenters. The lowest BCUT2D eigenvalue weighted by Gasteiger charge is -2.15. The maximum atomic E-state index is 13.6. The molecule has 1 heterocycles. The molecule has 1 amide bonds. The van der Waals surface area contributed by atoms with Gasteiger partial charge < -0.3 is 10.1 Å². The molecule has 122 valence electrons. The summed E-state index contributed by atoms with van der Waals surface area (Å²) >= 11 is 0. The fourth-order valence-electron chi connectivity index (χ4n) is 2.28. The Balaban J connectivity index is 1.95. The van der Waals surface area contributed by atoms with Crippen molar-refractivity contribution in [2.75, 3.05) is 13.2 Å². The van der Waals surface area contributed by atoms with E-state index in [1.54, 1.807) is 6.07 Å². The summed E-state index contributed by atoms with van der Waals surface area (Å²) in [6.45, 7) is 2.29. The van der Waals surface area contributed by atoms with Crippen molar-refractivity contribution in [2.45, 2.75) is 36.9 Å². The van der Waals surface area contributed by atoms with Gasteiger partial charge >= 0.3 is 0 Å². The van der Waals surface area contributed by atoms with Crippen LogP contribution in [0.4, 0.5) is 4.39 Å². The third-order valence-electron chi connectivity index (χ3n) is 3.75. The average Bonchev–Trinajstić information content (AvgIpc) is 2.99. The van der Waals surface area contributed by atoms with E-state index in [9.17, 15) is 17.6 Å². The second kappa shape index (κ2) is 7.19. The van der Waals surface area contributed by atoms with Gasteiger partial charge in [-0.05, 0) is 25.8 Å². The maximum Gasteiger partial charge on any atom is 0.238 e. The monoisotopic (exact) mass is 329 g/mol. The number of hydrogen-bond donors (Lipinski definition) is 1. The molecule has 7 heteroatoms. The van der Waals surface area contributed by atoms with Crippen LogP contribution in [0, 0.1) is 5.82 Å². The minimum absolute atomic E-state index is 0.0505. The fraction of sp³-hybridized carbons (Fsp3) is 0.533. The van der Waals surface area contributed by atoms with Crippen LogP contribution in [0.2, 0.25) is 0 Å². The number of hydrogen-bond acceptors (Lipinski definition) is 4. The Hall–Kier alpha value is -1.47. The Morgan fingerprint density at radius 1 is 1.45 bits per heavy atom. The minimum atomic E-state index is -3.77. The van der Waals surface area contributed by atoms with Crippen LogP contribution in [0.3, 0.4) is 0 Å². The first kappa shape index (κ1) is 16.9. The number of nitrogens with one attached hydrogen (secondary N) is 1. The SMILES string of the molecule is CC(C(=O)NCC1CCCO1)S(=O)(=O)Cc1ccccc1F. The molecule has 0 bridgehead atoms. The third kappa shape index (κ3) is 4.27. The van der Waals surface area contributed by atoms with Gasteiger partial charge in [0, 0.05) is 18.7 Å². The highest BCUT2D eigenvalue weighted by Gasteiger charge is 2.29. The van der Waals surface area contributed by atoms with Crippen molar-refractivity contribution in [1.82, 2.24) is 5.32 Å². The van der Waals surface area contributed by atoms with Crippen LogP contribution in [0.15, 0.2) is 24.3 Å². The second-order valence-electron chi connectivity index (χ2n) is 5.42. The van der Waals surface area contributed by atoms with Crippen LogP contribution in [-0.2, 0) is 25.1 Å². The van der Waals surface area contributed by atoms with Gasteiger partial charge in [-0.15, -0.1) is 0 Å². The van der Waals surface area contributed by atoms with Gasteiger partial charge in [0.05, 0.1) is 11.9 Å². The summed E-state index contributed by atoms with van der Waals surface area (Å²) in [4.78, 5) is 12.0. The predicted molar refractivity (Wildman–Crippen MR) is 80.5 cm³/mol. The summed E-state index contributed by atoms with van der Waals surface area (Å²) in [7, 11) is -3.77. The molecule has 1 saturated heterocycles. The molecular formula is C15H20FNO4S. The second-order valence-corrected chi connectivity index (χ2v) is 7.74. The van der Waals surface area contributed by atoms with E-state index in [2.05, 4.69) is 5.32 Å². The first-order chi connectivity index (χ1) is 10.4. The van der Waals surface area contributed by atoms with E-state index in [0.717, 1.165) is 12.8 Å². The minimum Gasteiger partial charge on any atom is -0.376 e. The molecule has 0 radical (unpaired) electrons. The number of benzene rings is 1. The summed E-state index contributed by atoms with van der Waals surface area (Å²) in [6.07, 6.45) is 1.75. The Morgan fingerprint density at radius 3 is 2.82 bits per heavy atom. The largest absolute Gasteiger partial charge is 0.376 e. The van der Waals surface area contributed by atoms with Crippen molar-refractivity contribution < 1.29 is 22.3 Å². The number of carbonyl (C=O) groups is 1. The van der Waals surface area contributed by atoms with Crippen LogP contribution in [-0.4, -0.2) is 38.8 Å². The van der Waals surface area contributed by atoms with E-state index in [0.29, 0.717) is 13.2 Å². The standard InChI is InChI=1S/C15H20FNO4S/c1-11(15(18)17-9-13-6-4-8-21-13)22(19,20)10-12-5-2-3-7-14(12)16/h2-3,5,7,11,13H,4,6,8-10H2,1H3,(H,17,18). The van der Waals surface area contributed by atoms with Crippen molar-refractivity contribution in [3.8, 4) is 0 Å². The molecule has 0 aromatic heterocycles. The molecule has 1 aromatic carbocycles. The normalized spacial score (nSPS) is 19.8. The number of amides is 1. The predicted octanol–water partition coefficient (Wildman–Crippen LogP) is 1.42. The smallest absolute Gasteiger partial charge is 0.238 e. The molecule has 0 saturated carbocycles. The van der Waals surface area contributed by atoms with Gasteiger partial charge in [-0.2, -0.15) is 0 Å². The lowest BCUT2D eigenvalue weighted by Crippen LogP contribution is -2.41. The average molecular weight is 329 g/mol. The number of rotatable bonds is 6. The van der Waals surface area contributed by atoms with Crippen molar-refractivity contribution in [1.29, 1.82) is 0 Å². The molecule has 1 fully saturated rings. The zero-order valence-corrected chi connectivity index (χ0v) is 13.2. The highest BCUT2D eigenvalue weighted by molar-refractivity contribution is 7.92. The first-order valence-electron chi connectivity index (χ1n) is 7.24. The van der Waals surface area contributed by atoms with Gasteiger partial charge in [-0.3, -0.25) is 4.79 Å². The van der Waals surface area contributed by atoms with Crippen LogP contribution in [0.1, 0.15) is 25.3 Å². The molecule has 1 aliphatic rings. The molecule has 0 aliphatic carbocycles. The number of halogens is 1. The first-order valence-corrected chi connectivity index (χ1v) is 8.96.